The van der Waals surface area contributed by atoms with Gasteiger partial charge in [0.1, 0.15) is 0 Å². The highest BCUT2D eigenvalue weighted by Crippen LogP contribution is 1.67. The van der Waals surface area contributed by atoms with E-state index in [0.29, 0.717) is 4.99 Å². The fraction of sp³-hybridized carbons (Fsp3) is 0.400. The Balaban J connectivity index is 3.20. The molecule has 0 spiro atoms. The van der Waals surface area contributed by atoms with Gasteiger partial charge in [0.2, 0.25) is 0 Å². The molecule has 0 unspecified atom stereocenters. The predicted octanol–water partition coefficient (Wildman–Crippen LogP) is 0.396. The van der Waals surface area contributed by atoms with Crippen LogP contribution in [0.2, 0.25) is 0 Å². The van der Waals surface area contributed by atoms with E-state index in [1.165, 1.54) is 0 Å². The third-order valence-corrected chi connectivity index (χ3v) is 0.706. The maximum atomic E-state index is 5.14. The SMILES string of the molecule is CCNC=CC(N)=S. The maximum Gasteiger partial charge on any atom is 0.0976 e. The minimum Gasteiger partial charge on any atom is -0.391 e. The number of hydrogen-bond acceptors (Lipinski definition) is 2. The van der Waals surface area contributed by atoms with E-state index in [0.717, 1.165) is 6.54 Å². The Kier molecular flexibility index (Phi) is 4.26. The molecule has 3 heteroatoms. The fourth-order valence-corrected chi connectivity index (χ4v) is 0.327. The molecule has 3 N–H and O–H groups in total. The van der Waals surface area contributed by atoms with Crippen LogP contribution in [0.5, 0.6) is 0 Å². The van der Waals surface area contributed by atoms with E-state index in [1.54, 1.807) is 12.3 Å². The molecule has 0 rings (SSSR count). The highest BCUT2D eigenvalue weighted by Gasteiger charge is 1.72. The van der Waals surface area contributed by atoms with Crippen LogP contribution in [-0.2, 0) is 0 Å². The van der Waals surface area contributed by atoms with Crippen LogP contribution in [-0.4, -0.2) is 11.5 Å². The lowest BCUT2D eigenvalue weighted by atomic mass is 10.6. The van der Waals surface area contributed by atoms with Crippen LogP contribution in [0.1, 0.15) is 6.92 Å². The molecule has 0 heterocycles. The van der Waals surface area contributed by atoms with Crippen molar-refractivity contribution in [2.45, 2.75) is 6.92 Å². The Hall–Kier alpha value is -0.570. The zero-order valence-electron chi connectivity index (χ0n) is 4.85. The topological polar surface area (TPSA) is 38.0 Å². The van der Waals surface area contributed by atoms with Crippen molar-refractivity contribution in [1.29, 1.82) is 0 Å². The van der Waals surface area contributed by atoms with Gasteiger partial charge in [0.25, 0.3) is 0 Å². The van der Waals surface area contributed by atoms with Crippen molar-refractivity contribution in [2.24, 2.45) is 5.73 Å². The second-order valence-electron chi connectivity index (χ2n) is 1.29. The molecule has 0 aliphatic rings. The van der Waals surface area contributed by atoms with E-state index in [1.807, 2.05) is 6.92 Å². The van der Waals surface area contributed by atoms with Crippen LogP contribution in [0.15, 0.2) is 12.3 Å². The molecule has 0 radical (unpaired) electrons. The third-order valence-electron chi connectivity index (χ3n) is 0.570. The summed E-state index contributed by atoms with van der Waals surface area (Å²) < 4.78 is 0. The van der Waals surface area contributed by atoms with Gasteiger partial charge in [0.05, 0.1) is 4.99 Å². The molecular weight excluding hydrogens is 120 g/mol. The van der Waals surface area contributed by atoms with Gasteiger partial charge < -0.3 is 11.1 Å². The van der Waals surface area contributed by atoms with Gasteiger partial charge >= 0.3 is 0 Å². The van der Waals surface area contributed by atoms with Crippen molar-refractivity contribution in [1.82, 2.24) is 5.32 Å². The monoisotopic (exact) mass is 130 g/mol. The highest BCUT2D eigenvalue weighted by atomic mass is 32.1. The Morgan fingerprint density at radius 1 is 1.88 bits per heavy atom. The summed E-state index contributed by atoms with van der Waals surface area (Å²) in [5, 5.41) is 2.93. The summed E-state index contributed by atoms with van der Waals surface area (Å²) in [5.41, 5.74) is 5.14. The van der Waals surface area contributed by atoms with E-state index in [4.69, 9.17) is 5.73 Å². The fourth-order valence-electron chi connectivity index (χ4n) is 0.259. The first-order chi connectivity index (χ1) is 3.77. The van der Waals surface area contributed by atoms with E-state index >= 15 is 0 Å². The molecule has 0 fully saturated rings. The van der Waals surface area contributed by atoms with Crippen LogP contribution >= 0.6 is 12.2 Å². The van der Waals surface area contributed by atoms with Gasteiger partial charge in [-0.3, -0.25) is 0 Å². The molecule has 8 heavy (non-hydrogen) atoms. The van der Waals surface area contributed by atoms with Crippen molar-refractivity contribution in [2.75, 3.05) is 6.54 Å². The van der Waals surface area contributed by atoms with E-state index < -0.39 is 0 Å². The first-order valence-corrected chi connectivity index (χ1v) is 2.87. The molecule has 0 aliphatic carbocycles. The molecule has 0 aliphatic heterocycles. The molecule has 0 aromatic rings. The van der Waals surface area contributed by atoms with Crippen molar-refractivity contribution in [3.05, 3.63) is 12.3 Å². The van der Waals surface area contributed by atoms with Crippen LogP contribution < -0.4 is 11.1 Å². The number of rotatable bonds is 3. The van der Waals surface area contributed by atoms with Gasteiger partial charge in [-0.2, -0.15) is 0 Å². The molecule has 0 atom stereocenters. The first-order valence-electron chi connectivity index (χ1n) is 2.46. The number of nitrogens with one attached hydrogen (secondary N) is 1. The molecule has 0 aromatic heterocycles. The minimum atomic E-state index is 0.408. The standard InChI is InChI=1S/C5H10N2S/c1-2-7-4-3-5(6)8/h3-4,7H,2H2,1H3,(H2,6,8). The van der Waals surface area contributed by atoms with E-state index in [2.05, 4.69) is 17.5 Å². The van der Waals surface area contributed by atoms with Crippen molar-refractivity contribution in [3.63, 3.8) is 0 Å². The average molecular weight is 130 g/mol. The molecule has 0 aromatic carbocycles. The Labute approximate surface area is 54.8 Å². The average Bonchev–Trinajstić information content (AvgIpc) is 1.66. The lowest BCUT2D eigenvalue weighted by Gasteiger charge is -1.88. The summed E-state index contributed by atoms with van der Waals surface area (Å²) in [6.45, 7) is 2.91. The van der Waals surface area contributed by atoms with Crippen LogP contribution in [0, 0.1) is 0 Å². The largest absolute Gasteiger partial charge is 0.391 e. The van der Waals surface area contributed by atoms with Crippen molar-refractivity contribution in [3.8, 4) is 0 Å². The zero-order valence-corrected chi connectivity index (χ0v) is 5.66. The molecule has 0 saturated heterocycles. The van der Waals surface area contributed by atoms with Crippen molar-refractivity contribution >= 4 is 17.2 Å². The van der Waals surface area contributed by atoms with E-state index in [9.17, 15) is 0 Å². The van der Waals surface area contributed by atoms with Crippen LogP contribution in [0.4, 0.5) is 0 Å². The summed E-state index contributed by atoms with van der Waals surface area (Å²) in [4.78, 5) is 0.408. The molecule has 2 nitrogen and oxygen atoms in total. The molecular formula is C5H10N2S. The molecule has 0 saturated carbocycles. The lowest BCUT2D eigenvalue weighted by molar-refractivity contribution is 0.920. The number of hydrogen-bond donors (Lipinski definition) is 2. The predicted molar refractivity (Wildman–Crippen MR) is 39.6 cm³/mol. The quantitative estimate of drug-likeness (QED) is 0.429. The minimum absolute atomic E-state index is 0.408. The summed E-state index contributed by atoms with van der Waals surface area (Å²) in [5.74, 6) is 0. The van der Waals surface area contributed by atoms with Gasteiger partial charge in [-0.1, -0.05) is 12.2 Å². The van der Waals surface area contributed by atoms with Crippen LogP contribution in [0.3, 0.4) is 0 Å². The second-order valence-corrected chi connectivity index (χ2v) is 1.76. The first kappa shape index (κ1) is 7.43. The molecule has 0 bridgehead atoms. The van der Waals surface area contributed by atoms with Crippen molar-refractivity contribution < 1.29 is 0 Å². The van der Waals surface area contributed by atoms with Gasteiger partial charge in [0.15, 0.2) is 0 Å². The van der Waals surface area contributed by atoms with Gasteiger partial charge in [-0.05, 0) is 19.2 Å². The summed E-state index contributed by atoms with van der Waals surface area (Å²) in [7, 11) is 0. The third kappa shape index (κ3) is 5.43. The summed E-state index contributed by atoms with van der Waals surface area (Å²) >= 11 is 4.56. The van der Waals surface area contributed by atoms with Gasteiger partial charge in [0, 0.05) is 6.54 Å². The summed E-state index contributed by atoms with van der Waals surface area (Å²) in [6, 6.07) is 0. The number of thiocarbonyl (C=S) groups is 1. The Morgan fingerprint density at radius 2 is 2.50 bits per heavy atom. The zero-order chi connectivity index (χ0) is 6.41. The lowest BCUT2D eigenvalue weighted by Crippen LogP contribution is -2.07. The summed E-state index contributed by atoms with van der Waals surface area (Å²) in [6.07, 6.45) is 3.39. The van der Waals surface area contributed by atoms with E-state index in [-0.39, 0.29) is 0 Å². The number of nitrogens with two attached hydrogens (primary N) is 1. The maximum absolute atomic E-state index is 5.14. The smallest absolute Gasteiger partial charge is 0.0976 e. The normalized spacial score (nSPS) is 9.62. The van der Waals surface area contributed by atoms with Crippen LogP contribution in [0.25, 0.3) is 0 Å². The van der Waals surface area contributed by atoms with Gasteiger partial charge in [-0.15, -0.1) is 0 Å². The highest BCUT2D eigenvalue weighted by molar-refractivity contribution is 7.80. The van der Waals surface area contributed by atoms with Gasteiger partial charge in [-0.25, -0.2) is 0 Å². The Bertz CT molecular complexity index is 98.6. The second kappa shape index (κ2) is 4.59. The Morgan fingerprint density at radius 3 is 2.88 bits per heavy atom. The molecule has 46 valence electrons. The molecule has 0 amide bonds.